The van der Waals surface area contributed by atoms with Gasteiger partial charge in [-0.2, -0.15) is 0 Å². The van der Waals surface area contributed by atoms with Crippen LogP contribution in [0.15, 0.2) is 18.2 Å². The van der Waals surface area contributed by atoms with E-state index in [4.69, 9.17) is 0 Å². The molecule has 116 valence electrons. The molecule has 2 atom stereocenters. The lowest BCUT2D eigenvalue weighted by atomic mass is 10.00. The molecular weight excluding hydrogens is 294 g/mol. The Kier molecular flexibility index (Phi) is 6.11. The van der Waals surface area contributed by atoms with Crippen LogP contribution in [0.4, 0.5) is 5.69 Å². The van der Waals surface area contributed by atoms with Gasteiger partial charge in [0.1, 0.15) is 0 Å². The van der Waals surface area contributed by atoms with Crippen molar-refractivity contribution < 1.29 is 9.72 Å². The van der Waals surface area contributed by atoms with Crippen molar-refractivity contribution in [1.82, 2.24) is 10.6 Å². The van der Waals surface area contributed by atoms with Gasteiger partial charge in [-0.15, -0.1) is 12.4 Å². The summed E-state index contributed by atoms with van der Waals surface area (Å²) in [5.41, 5.74) is 1.01. The van der Waals surface area contributed by atoms with E-state index in [1.165, 1.54) is 12.1 Å². The standard InChI is InChI=1S/C14H19N3O3.ClH/c1-9-7-11(3-4-13(9)17(19)20)14(18)16-12-5-6-15-10(2)8-12;/h3-4,7,10,12,15H,5-6,8H2,1-2H3,(H,16,18);1H. The Bertz CT molecular complexity index is 536. The van der Waals surface area contributed by atoms with E-state index in [0.717, 1.165) is 19.4 Å². The first kappa shape index (κ1) is 17.4. The molecule has 0 radical (unpaired) electrons. The zero-order valence-corrected chi connectivity index (χ0v) is 12.9. The molecule has 0 spiro atoms. The predicted molar refractivity (Wildman–Crippen MR) is 83.0 cm³/mol. The number of nitro benzene ring substituents is 1. The fourth-order valence-corrected chi connectivity index (χ4v) is 2.53. The van der Waals surface area contributed by atoms with Crippen molar-refractivity contribution >= 4 is 24.0 Å². The Morgan fingerprint density at radius 3 is 2.76 bits per heavy atom. The molecule has 0 bridgehead atoms. The summed E-state index contributed by atoms with van der Waals surface area (Å²) in [6, 6.07) is 5.01. The fraction of sp³-hybridized carbons (Fsp3) is 0.500. The third kappa shape index (κ3) is 4.41. The summed E-state index contributed by atoms with van der Waals surface area (Å²) in [4.78, 5) is 22.5. The second-order valence-electron chi connectivity index (χ2n) is 5.31. The summed E-state index contributed by atoms with van der Waals surface area (Å²) in [6.07, 6.45) is 1.81. The van der Waals surface area contributed by atoms with E-state index in [1.807, 2.05) is 0 Å². The molecule has 1 fully saturated rings. The Hall–Kier alpha value is -1.66. The first-order valence-electron chi connectivity index (χ1n) is 6.76. The average Bonchev–Trinajstić information content (AvgIpc) is 2.38. The van der Waals surface area contributed by atoms with Gasteiger partial charge in [0.2, 0.25) is 0 Å². The maximum atomic E-state index is 12.2. The van der Waals surface area contributed by atoms with Crippen molar-refractivity contribution in [3.8, 4) is 0 Å². The number of amides is 1. The van der Waals surface area contributed by atoms with Gasteiger partial charge in [0.05, 0.1) is 4.92 Å². The number of benzene rings is 1. The summed E-state index contributed by atoms with van der Waals surface area (Å²) in [5, 5.41) is 17.1. The van der Waals surface area contributed by atoms with Gasteiger partial charge in [-0.25, -0.2) is 0 Å². The van der Waals surface area contributed by atoms with Gasteiger partial charge in [0, 0.05) is 29.3 Å². The Morgan fingerprint density at radius 2 is 2.19 bits per heavy atom. The summed E-state index contributed by atoms with van der Waals surface area (Å²) < 4.78 is 0. The monoisotopic (exact) mass is 313 g/mol. The summed E-state index contributed by atoms with van der Waals surface area (Å²) in [6.45, 7) is 4.63. The molecule has 1 aliphatic rings. The zero-order valence-electron chi connectivity index (χ0n) is 12.1. The lowest BCUT2D eigenvalue weighted by Crippen LogP contribution is -2.46. The van der Waals surface area contributed by atoms with E-state index in [1.54, 1.807) is 13.0 Å². The minimum absolute atomic E-state index is 0. The van der Waals surface area contributed by atoms with Gasteiger partial charge in [-0.3, -0.25) is 14.9 Å². The number of carbonyl (C=O) groups is 1. The molecule has 1 aromatic rings. The second-order valence-corrected chi connectivity index (χ2v) is 5.31. The van der Waals surface area contributed by atoms with Crippen LogP contribution in [0.3, 0.4) is 0 Å². The summed E-state index contributed by atoms with van der Waals surface area (Å²) >= 11 is 0. The topological polar surface area (TPSA) is 84.3 Å². The van der Waals surface area contributed by atoms with Gasteiger partial charge in [-0.1, -0.05) is 0 Å². The lowest BCUT2D eigenvalue weighted by molar-refractivity contribution is -0.385. The van der Waals surface area contributed by atoms with E-state index < -0.39 is 4.92 Å². The Balaban J connectivity index is 0.00000220. The predicted octanol–water partition coefficient (Wildman–Crippen LogP) is 2.20. The highest BCUT2D eigenvalue weighted by Gasteiger charge is 2.21. The molecule has 0 aromatic heterocycles. The number of nitro groups is 1. The number of hydrogen-bond acceptors (Lipinski definition) is 4. The smallest absolute Gasteiger partial charge is 0.272 e. The number of aryl methyl sites for hydroxylation is 1. The van der Waals surface area contributed by atoms with E-state index >= 15 is 0 Å². The van der Waals surface area contributed by atoms with Crippen molar-refractivity contribution in [2.75, 3.05) is 6.54 Å². The van der Waals surface area contributed by atoms with E-state index in [2.05, 4.69) is 17.6 Å². The molecule has 1 heterocycles. The maximum Gasteiger partial charge on any atom is 0.272 e. The molecule has 1 aromatic carbocycles. The first-order valence-corrected chi connectivity index (χ1v) is 6.76. The summed E-state index contributed by atoms with van der Waals surface area (Å²) in [5.74, 6) is -0.165. The minimum atomic E-state index is -0.439. The van der Waals surface area contributed by atoms with Crippen LogP contribution in [-0.2, 0) is 0 Å². The molecule has 6 nitrogen and oxygen atoms in total. The fourth-order valence-electron chi connectivity index (χ4n) is 2.53. The minimum Gasteiger partial charge on any atom is -0.349 e. The number of hydrogen-bond donors (Lipinski definition) is 2. The summed E-state index contributed by atoms with van der Waals surface area (Å²) in [7, 11) is 0. The number of halogens is 1. The number of carbonyl (C=O) groups excluding carboxylic acids is 1. The highest BCUT2D eigenvalue weighted by molar-refractivity contribution is 5.94. The third-order valence-corrected chi connectivity index (χ3v) is 3.61. The largest absolute Gasteiger partial charge is 0.349 e. The third-order valence-electron chi connectivity index (χ3n) is 3.61. The molecule has 2 N–H and O–H groups in total. The van der Waals surface area contributed by atoms with Crippen molar-refractivity contribution in [2.45, 2.75) is 38.8 Å². The average molecular weight is 314 g/mol. The normalized spacial score (nSPS) is 21.2. The number of rotatable bonds is 3. The first-order chi connectivity index (χ1) is 9.47. The van der Waals surface area contributed by atoms with E-state index in [9.17, 15) is 14.9 Å². The lowest BCUT2D eigenvalue weighted by Gasteiger charge is -2.28. The van der Waals surface area contributed by atoms with Crippen LogP contribution in [-0.4, -0.2) is 29.5 Å². The van der Waals surface area contributed by atoms with Crippen LogP contribution in [0.5, 0.6) is 0 Å². The highest BCUT2D eigenvalue weighted by atomic mass is 35.5. The molecular formula is C14H20ClN3O3. The quantitative estimate of drug-likeness (QED) is 0.662. The molecule has 0 saturated carbocycles. The van der Waals surface area contributed by atoms with Crippen molar-refractivity contribution in [3.05, 3.63) is 39.4 Å². The number of nitrogens with zero attached hydrogens (tertiary/aromatic N) is 1. The van der Waals surface area contributed by atoms with Gasteiger partial charge < -0.3 is 10.6 Å². The van der Waals surface area contributed by atoms with Crippen LogP contribution in [0.2, 0.25) is 0 Å². The number of nitrogens with one attached hydrogen (secondary N) is 2. The van der Waals surface area contributed by atoms with E-state index in [0.29, 0.717) is 17.2 Å². The van der Waals surface area contributed by atoms with Crippen LogP contribution in [0, 0.1) is 17.0 Å². The highest BCUT2D eigenvalue weighted by Crippen LogP contribution is 2.19. The molecule has 1 saturated heterocycles. The Labute approximate surface area is 129 Å². The molecule has 7 heteroatoms. The maximum absolute atomic E-state index is 12.2. The van der Waals surface area contributed by atoms with Crippen LogP contribution < -0.4 is 10.6 Å². The SMILES string of the molecule is Cc1cc(C(=O)NC2CCNC(C)C2)ccc1[N+](=O)[O-].Cl. The number of piperidine rings is 1. The van der Waals surface area contributed by atoms with Crippen molar-refractivity contribution in [1.29, 1.82) is 0 Å². The zero-order chi connectivity index (χ0) is 14.7. The molecule has 21 heavy (non-hydrogen) atoms. The van der Waals surface area contributed by atoms with Gasteiger partial charge in [0.15, 0.2) is 0 Å². The van der Waals surface area contributed by atoms with Crippen molar-refractivity contribution in [3.63, 3.8) is 0 Å². The van der Waals surface area contributed by atoms with Crippen LogP contribution >= 0.6 is 12.4 Å². The van der Waals surface area contributed by atoms with E-state index in [-0.39, 0.29) is 30.0 Å². The molecule has 2 unspecified atom stereocenters. The van der Waals surface area contributed by atoms with Gasteiger partial charge in [0.25, 0.3) is 11.6 Å². The molecule has 2 rings (SSSR count). The van der Waals surface area contributed by atoms with Gasteiger partial charge >= 0.3 is 0 Å². The Morgan fingerprint density at radius 1 is 1.48 bits per heavy atom. The van der Waals surface area contributed by atoms with Crippen LogP contribution in [0.1, 0.15) is 35.7 Å². The van der Waals surface area contributed by atoms with Crippen molar-refractivity contribution in [2.24, 2.45) is 0 Å². The molecule has 0 aliphatic carbocycles. The second kappa shape index (κ2) is 7.38. The van der Waals surface area contributed by atoms with Gasteiger partial charge in [-0.05, 0) is 45.4 Å². The molecule has 1 amide bonds. The molecule has 1 aliphatic heterocycles. The van der Waals surface area contributed by atoms with Crippen LogP contribution in [0.25, 0.3) is 0 Å².